The highest BCUT2D eigenvalue weighted by molar-refractivity contribution is 6.31. The van der Waals surface area contributed by atoms with Gasteiger partial charge in [0.05, 0.1) is 5.69 Å². The van der Waals surface area contributed by atoms with Crippen LogP contribution in [0.4, 0.5) is 5.69 Å². The molecule has 0 saturated carbocycles. The summed E-state index contributed by atoms with van der Waals surface area (Å²) < 4.78 is 0. The molecular formula is C16H15ClN2O2. The van der Waals surface area contributed by atoms with Gasteiger partial charge in [0.15, 0.2) is 5.60 Å². The van der Waals surface area contributed by atoms with E-state index in [1.54, 1.807) is 47.6 Å². The summed E-state index contributed by atoms with van der Waals surface area (Å²) in [7, 11) is 0. The molecule has 108 valence electrons. The van der Waals surface area contributed by atoms with Gasteiger partial charge < -0.3 is 10.0 Å². The lowest BCUT2D eigenvalue weighted by Gasteiger charge is -2.22. The number of pyridine rings is 1. The van der Waals surface area contributed by atoms with E-state index in [-0.39, 0.29) is 12.3 Å². The van der Waals surface area contributed by atoms with E-state index in [9.17, 15) is 9.90 Å². The minimum atomic E-state index is -1.57. The summed E-state index contributed by atoms with van der Waals surface area (Å²) >= 11 is 6.04. The zero-order valence-electron chi connectivity index (χ0n) is 11.6. The van der Waals surface area contributed by atoms with Crippen LogP contribution in [0.25, 0.3) is 0 Å². The monoisotopic (exact) mass is 302 g/mol. The molecule has 1 unspecified atom stereocenters. The maximum Gasteiger partial charge on any atom is 0.264 e. The third-order valence-electron chi connectivity index (χ3n) is 3.82. The second-order valence-corrected chi connectivity index (χ2v) is 5.54. The number of carbonyl (C=O) groups excluding carboxylic acids is 1. The van der Waals surface area contributed by atoms with Crippen molar-refractivity contribution < 1.29 is 9.90 Å². The number of hydrogen-bond donors (Lipinski definition) is 1. The number of rotatable bonds is 3. The molecule has 1 aliphatic heterocycles. The first-order valence-corrected chi connectivity index (χ1v) is 7.17. The second kappa shape index (κ2) is 5.13. The van der Waals surface area contributed by atoms with Crippen LogP contribution in [0.2, 0.25) is 5.02 Å². The van der Waals surface area contributed by atoms with Crippen molar-refractivity contribution in [1.29, 1.82) is 0 Å². The van der Waals surface area contributed by atoms with E-state index in [1.165, 1.54) is 0 Å². The second-order valence-electron chi connectivity index (χ2n) is 5.10. The molecule has 1 atom stereocenters. The summed E-state index contributed by atoms with van der Waals surface area (Å²) in [4.78, 5) is 18.2. The molecule has 2 aromatic rings. The van der Waals surface area contributed by atoms with Gasteiger partial charge in [-0.3, -0.25) is 9.78 Å². The maximum absolute atomic E-state index is 12.6. The number of hydrogen-bond acceptors (Lipinski definition) is 3. The molecule has 0 aliphatic carbocycles. The van der Waals surface area contributed by atoms with Gasteiger partial charge in [0.25, 0.3) is 5.91 Å². The van der Waals surface area contributed by atoms with Gasteiger partial charge >= 0.3 is 0 Å². The third-order valence-corrected chi connectivity index (χ3v) is 4.05. The molecule has 0 fully saturated rings. The fourth-order valence-corrected chi connectivity index (χ4v) is 2.98. The van der Waals surface area contributed by atoms with Gasteiger partial charge in [0.2, 0.25) is 0 Å². The largest absolute Gasteiger partial charge is 0.375 e. The first kappa shape index (κ1) is 14.0. The fourth-order valence-electron chi connectivity index (χ4n) is 2.80. The molecule has 21 heavy (non-hydrogen) atoms. The number of anilines is 1. The van der Waals surface area contributed by atoms with E-state index in [2.05, 4.69) is 4.98 Å². The topological polar surface area (TPSA) is 53.4 Å². The van der Waals surface area contributed by atoms with E-state index in [0.717, 1.165) is 11.3 Å². The summed E-state index contributed by atoms with van der Waals surface area (Å²) in [6, 6.07) is 8.78. The Labute approximate surface area is 128 Å². The molecule has 3 rings (SSSR count). The van der Waals surface area contributed by atoms with Crippen molar-refractivity contribution in [3.63, 3.8) is 0 Å². The zero-order valence-corrected chi connectivity index (χ0v) is 12.3. The number of aliphatic hydroxyl groups is 1. The Bertz CT molecular complexity index is 690. The number of halogens is 1. The standard InChI is InChI=1S/C16H15ClN2O2/c1-2-19-14-4-3-12(17)9-13(14)16(21,15(19)20)10-11-5-7-18-8-6-11/h3-9,21H,2,10H2,1H3. The number of aromatic nitrogens is 1. The van der Waals surface area contributed by atoms with Gasteiger partial charge in [-0.1, -0.05) is 11.6 Å². The molecule has 0 radical (unpaired) electrons. The van der Waals surface area contributed by atoms with Gasteiger partial charge in [-0.15, -0.1) is 0 Å². The number of nitrogens with zero attached hydrogens (tertiary/aromatic N) is 2. The molecule has 0 spiro atoms. The molecule has 1 N–H and O–H groups in total. The number of amides is 1. The highest BCUT2D eigenvalue weighted by Crippen LogP contribution is 2.43. The van der Waals surface area contributed by atoms with Crippen LogP contribution in [-0.4, -0.2) is 22.5 Å². The molecular weight excluding hydrogens is 288 g/mol. The maximum atomic E-state index is 12.6. The van der Waals surface area contributed by atoms with E-state index in [4.69, 9.17) is 11.6 Å². The van der Waals surface area contributed by atoms with E-state index < -0.39 is 5.60 Å². The normalized spacial score (nSPS) is 20.7. The van der Waals surface area contributed by atoms with Gasteiger partial charge in [-0.2, -0.15) is 0 Å². The number of benzene rings is 1. The Balaban J connectivity index is 2.10. The zero-order chi connectivity index (χ0) is 15.0. The van der Waals surface area contributed by atoms with Crippen molar-refractivity contribution in [2.24, 2.45) is 0 Å². The molecule has 4 nitrogen and oxygen atoms in total. The summed E-state index contributed by atoms with van der Waals surface area (Å²) in [6.07, 6.45) is 3.50. The molecule has 2 heterocycles. The number of carbonyl (C=O) groups is 1. The van der Waals surface area contributed by atoms with E-state index in [1.807, 2.05) is 6.92 Å². The van der Waals surface area contributed by atoms with Crippen LogP contribution < -0.4 is 4.90 Å². The molecule has 0 saturated heterocycles. The molecule has 1 aromatic carbocycles. The average Bonchev–Trinajstić information content (AvgIpc) is 2.69. The number of fused-ring (bicyclic) bond motifs is 1. The highest BCUT2D eigenvalue weighted by Gasteiger charge is 2.49. The van der Waals surface area contributed by atoms with Crippen molar-refractivity contribution in [3.8, 4) is 0 Å². The highest BCUT2D eigenvalue weighted by atomic mass is 35.5. The average molecular weight is 303 g/mol. The molecule has 1 amide bonds. The van der Waals surface area contributed by atoms with Crippen molar-refractivity contribution >= 4 is 23.2 Å². The van der Waals surface area contributed by atoms with Crippen LogP contribution in [0.3, 0.4) is 0 Å². The predicted molar refractivity (Wildman–Crippen MR) is 81.3 cm³/mol. The predicted octanol–water partition coefficient (Wildman–Crippen LogP) is 2.53. The van der Waals surface area contributed by atoms with Gasteiger partial charge in [0.1, 0.15) is 0 Å². The third kappa shape index (κ3) is 2.20. The summed E-state index contributed by atoms with van der Waals surface area (Å²) in [5.74, 6) is -0.306. The molecule has 0 bridgehead atoms. The Morgan fingerprint density at radius 3 is 2.67 bits per heavy atom. The molecule has 1 aromatic heterocycles. The van der Waals surface area contributed by atoms with E-state index in [0.29, 0.717) is 17.1 Å². The van der Waals surface area contributed by atoms with Crippen molar-refractivity contribution in [1.82, 2.24) is 4.98 Å². The molecule has 1 aliphatic rings. The van der Waals surface area contributed by atoms with Crippen LogP contribution in [0.15, 0.2) is 42.7 Å². The lowest BCUT2D eigenvalue weighted by molar-refractivity contribution is -0.135. The van der Waals surface area contributed by atoms with Crippen molar-refractivity contribution in [2.45, 2.75) is 18.9 Å². The minimum absolute atomic E-state index is 0.207. The summed E-state index contributed by atoms with van der Waals surface area (Å²) in [5.41, 5.74) is 0.573. The SMILES string of the molecule is CCN1C(=O)C(O)(Cc2ccncc2)c2cc(Cl)ccc21. The first-order valence-electron chi connectivity index (χ1n) is 6.79. The summed E-state index contributed by atoms with van der Waals surface area (Å²) in [6.45, 7) is 2.39. The summed E-state index contributed by atoms with van der Waals surface area (Å²) in [5, 5.41) is 11.5. The molecule has 5 heteroatoms. The van der Waals surface area contributed by atoms with Crippen LogP contribution in [0.5, 0.6) is 0 Å². The van der Waals surface area contributed by atoms with Gasteiger partial charge in [-0.05, 0) is 42.8 Å². The van der Waals surface area contributed by atoms with Gasteiger partial charge in [-0.25, -0.2) is 0 Å². The first-order chi connectivity index (χ1) is 10.1. The lowest BCUT2D eigenvalue weighted by Crippen LogP contribution is -2.41. The van der Waals surface area contributed by atoms with Crippen LogP contribution >= 0.6 is 11.6 Å². The van der Waals surface area contributed by atoms with Gasteiger partial charge in [0, 0.05) is 35.9 Å². The lowest BCUT2D eigenvalue weighted by atomic mass is 9.89. The Kier molecular flexibility index (Phi) is 3.43. The Morgan fingerprint density at radius 1 is 1.29 bits per heavy atom. The number of likely N-dealkylation sites (N-methyl/N-ethyl adjacent to an activating group) is 1. The van der Waals surface area contributed by atoms with Crippen molar-refractivity contribution in [2.75, 3.05) is 11.4 Å². The van der Waals surface area contributed by atoms with Crippen LogP contribution in [-0.2, 0) is 16.8 Å². The van der Waals surface area contributed by atoms with Crippen molar-refractivity contribution in [3.05, 3.63) is 58.9 Å². The minimum Gasteiger partial charge on any atom is -0.375 e. The van der Waals surface area contributed by atoms with Crippen LogP contribution in [0.1, 0.15) is 18.1 Å². The smallest absolute Gasteiger partial charge is 0.264 e. The Morgan fingerprint density at radius 2 is 2.00 bits per heavy atom. The Hall–Kier alpha value is -1.91. The quantitative estimate of drug-likeness (QED) is 0.948. The van der Waals surface area contributed by atoms with Crippen LogP contribution in [0, 0.1) is 0 Å². The fraction of sp³-hybridized carbons (Fsp3) is 0.250. The van der Waals surface area contributed by atoms with E-state index >= 15 is 0 Å².